The van der Waals surface area contributed by atoms with Gasteiger partial charge in [-0.05, 0) is 65.2 Å². The van der Waals surface area contributed by atoms with Gasteiger partial charge in [-0.1, -0.05) is 17.7 Å². The van der Waals surface area contributed by atoms with Crippen LogP contribution in [0.3, 0.4) is 0 Å². The largest absolute Gasteiger partial charge is 0.505 e. The van der Waals surface area contributed by atoms with Crippen LogP contribution in [-0.2, 0) is 0 Å². The van der Waals surface area contributed by atoms with Crippen LogP contribution < -0.4 is 0 Å². The van der Waals surface area contributed by atoms with Gasteiger partial charge in [0, 0.05) is 4.47 Å². The van der Waals surface area contributed by atoms with Crippen LogP contribution in [0.25, 0.3) is 10.9 Å². The Bertz CT molecular complexity index is 879. The summed E-state index contributed by atoms with van der Waals surface area (Å²) in [5.41, 5.74) is 4.46. The molecule has 0 bridgehead atoms. The van der Waals surface area contributed by atoms with Gasteiger partial charge in [0.15, 0.2) is 5.75 Å². The highest BCUT2D eigenvalue weighted by molar-refractivity contribution is 9.10. The van der Waals surface area contributed by atoms with Crippen LogP contribution in [0.1, 0.15) is 16.8 Å². The number of aromatic nitrogens is 1. The molecule has 0 fully saturated rings. The SMILES string of the molecule is Cc1cc(C)cc(N=Cc2[nH]c3ccc(Br)c(Cl)c3c2O)c1. The lowest BCUT2D eigenvalue weighted by Gasteiger charge is -1.99. The highest BCUT2D eigenvalue weighted by atomic mass is 79.9. The van der Waals surface area contributed by atoms with Crippen molar-refractivity contribution < 1.29 is 5.11 Å². The van der Waals surface area contributed by atoms with Crippen molar-refractivity contribution in [2.45, 2.75) is 13.8 Å². The highest BCUT2D eigenvalue weighted by Crippen LogP contribution is 2.38. The normalized spacial score (nSPS) is 11.6. The quantitative estimate of drug-likeness (QED) is 0.556. The molecule has 0 radical (unpaired) electrons. The van der Waals surface area contributed by atoms with Gasteiger partial charge in [0.2, 0.25) is 0 Å². The molecule has 2 N–H and O–H groups in total. The fourth-order valence-electron chi connectivity index (χ4n) is 2.48. The monoisotopic (exact) mass is 376 g/mol. The molecule has 0 saturated carbocycles. The summed E-state index contributed by atoms with van der Waals surface area (Å²) < 4.78 is 0.744. The van der Waals surface area contributed by atoms with Crippen molar-refractivity contribution in [2.75, 3.05) is 0 Å². The average molecular weight is 378 g/mol. The van der Waals surface area contributed by atoms with E-state index >= 15 is 0 Å². The third-order valence-electron chi connectivity index (χ3n) is 3.41. The minimum absolute atomic E-state index is 0.106. The second kappa shape index (κ2) is 5.78. The van der Waals surface area contributed by atoms with Gasteiger partial charge in [-0.15, -0.1) is 0 Å². The van der Waals surface area contributed by atoms with Crippen molar-refractivity contribution in [1.29, 1.82) is 0 Å². The Morgan fingerprint density at radius 3 is 2.55 bits per heavy atom. The number of halogens is 2. The summed E-state index contributed by atoms with van der Waals surface area (Å²) in [6, 6.07) is 9.78. The van der Waals surface area contributed by atoms with E-state index in [4.69, 9.17) is 11.6 Å². The van der Waals surface area contributed by atoms with Gasteiger partial charge in [0.25, 0.3) is 0 Å². The number of aryl methyl sites for hydroxylation is 2. The van der Waals surface area contributed by atoms with Gasteiger partial charge >= 0.3 is 0 Å². The third kappa shape index (κ3) is 2.76. The van der Waals surface area contributed by atoms with Gasteiger partial charge < -0.3 is 10.1 Å². The van der Waals surface area contributed by atoms with E-state index < -0.39 is 0 Å². The summed E-state index contributed by atoms with van der Waals surface area (Å²) in [5.74, 6) is 0.106. The van der Waals surface area contributed by atoms with Gasteiger partial charge in [0.05, 0.1) is 27.8 Å². The number of aliphatic imine (C=N–C) groups is 1. The van der Waals surface area contributed by atoms with Gasteiger partial charge in [-0.2, -0.15) is 0 Å². The molecule has 3 rings (SSSR count). The fourth-order valence-corrected chi connectivity index (χ4v) is 3.07. The molecule has 0 aliphatic heterocycles. The zero-order valence-electron chi connectivity index (χ0n) is 12.1. The molecule has 22 heavy (non-hydrogen) atoms. The average Bonchev–Trinajstić information content (AvgIpc) is 2.77. The first kappa shape index (κ1) is 15.1. The Hall–Kier alpha value is -1.78. The molecule has 5 heteroatoms. The zero-order valence-corrected chi connectivity index (χ0v) is 14.5. The number of aromatic hydroxyl groups is 1. The number of fused-ring (bicyclic) bond motifs is 1. The van der Waals surface area contributed by atoms with E-state index in [1.807, 2.05) is 38.1 Å². The van der Waals surface area contributed by atoms with Crippen LogP contribution in [-0.4, -0.2) is 16.3 Å². The second-order valence-corrected chi connectivity index (χ2v) is 6.51. The lowest BCUT2D eigenvalue weighted by molar-refractivity contribution is 0.480. The minimum atomic E-state index is 0.106. The van der Waals surface area contributed by atoms with Crippen LogP contribution in [0, 0.1) is 13.8 Å². The van der Waals surface area contributed by atoms with E-state index in [0.717, 1.165) is 26.8 Å². The Morgan fingerprint density at radius 1 is 1.18 bits per heavy atom. The lowest BCUT2D eigenvalue weighted by Crippen LogP contribution is -1.81. The van der Waals surface area contributed by atoms with E-state index in [1.165, 1.54) is 0 Å². The maximum Gasteiger partial charge on any atom is 0.151 e. The van der Waals surface area contributed by atoms with Crippen molar-refractivity contribution in [3.8, 4) is 5.75 Å². The summed E-state index contributed by atoms with van der Waals surface area (Å²) in [6.45, 7) is 4.06. The second-order valence-electron chi connectivity index (χ2n) is 5.28. The molecule has 0 aliphatic carbocycles. The molecule has 3 nitrogen and oxygen atoms in total. The molecule has 0 atom stereocenters. The Labute approximate surface area is 141 Å². The first-order chi connectivity index (χ1) is 10.5. The number of aromatic amines is 1. The molecule has 0 amide bonds. The van der Waals surface area contributed by atoms with Gasteiger partial charge in [-0.3, -0.25) is 4.99 Å². The maximum atomic E-state index is 10.4. The summed E-state index contributed by atoms with van der Waals surface area (Å²) >= 11 is 9.59. The van der Waals surface area contributed by atoms with Crippen molar-refractivity contribution in [2.24, 2.45) is 4.99 Å². The third-order valence-corrected chi connectivity index (χ3v) is 4.69. The van der Waals surface area contributed by atoms with E-state index in [2.05, 4.69) is 32.0 Å². The van der Waals surface area contributed by atoms with Crippen LogP contribution in [0.15, 0.2) is 39.8 Å². The lowest BCUT2D eigenvalue weighted by atomic mass is 10.1. The van der Waals surface area contributed by atoms with Crippen molar-refractivity contribution in [1.82, 2.24) is 4.98 Å². The molecule has 3 aromatic rings. The number of benzene rings is 2. The maximum absolute atomic E-state index is 10.4. The summed E-state index contributed by atoms with van der Waals surface area (Å²) in [5, 5.41) is 11.4. The number of hydrogen-bond acceptors (Lipinski definition) is 2. The highest BCUT2D eigenvalue weighted by Gasteiger charge is 2.14. The van der Waals surface area contributed by atoms with Crippen molar-refractivity contribution in [3.05, 3.63) is 56.6 Å². The predicted octanol–water partition coefficient (Wildman–Crippen LogP) is 5.66. The van der Waals surface area contributed by atoms with Crippen molar-refractivity contribution >= 4 is 50.3 Å². The molecule has 0 spiro atoms. The molecular formula is C17H14BrClN2O. The Kier molecular flexibility index (Phi) is 3.98. The van der Waals surface area contributed by atoms with Gasteiger partial charge in [-0.25, -0.2) is 0 Å². The minimum Gasteiger partial charge on any atom is -0.505 e. The topological polar surface area (TPSA) is 48.4 Å². The van der Waals surface area contributed by atoms with E-state index in [-0.39, 0.29) is 5.75 Å². The predicted molar refractivity (Wildman–Crippen MR) is 95.8 cm³/mol. The molecule has 1 heterocycles. The molecule has 112 valence electrons. The van der Waals surface area contributed by atoms with E-state index in [0.29, 0.717) is 16.1 Å². The standard InChI is InChI=1S/C17H14BrClN2O/c1-9-5-10(2)7-11(6-9)20-8-14-17(22)15-13(21-14)4-3-12(18)16(15)19/h3-8,21-22H,1-2H3. The number of rotatable bonds is 2. The Balaban J connectivity index is 2.05. The number of hydrogen-bond donors (Lipinski definition) is 2. The van der Waals surface area contributed by atoms with Crippen molar-refractivity contribution in [3.63, 3.8) is 0 Å². The first-order valence-corrected chi connectivity index (χ1v) is 7.94. The van der Waals surface area contributed by atoms with Gasteiger partial charge in [0.1, 0.15) is 5.69 Å². The molecule has 1 aromatic heterocycles. The number of nitrogens with zero attached hydrogens (tertiary/aromatic N) is 1. The first-order valence-electron chi connectivity index (χ1n) is 6.76. The smallest absolute Gasteiger partial charge is 0.151 e. The molecule has 0 aliphatic rings. The van der Waals surface area contributed by atoms with Crippen LogP contribution in [0.5, 0.6) is 5.75 Å². The summed E-state index contributed by atoms with van der Waals surface area (Å²) in [4.78, 5) is 7.56. The van der Waals surface area contributed by atoms with Crippen LogP contribution in [0.4, 0.5) is 5.69 Å². The van der Waals surface area contributed by atoms with E-state index in [1.54, 1.807) is 6.21 Å². The summed E-state index contributed by atoms with van der Waals surface area (Å²) in [6.07, 6.45) is 1.62. The fraction of sp³-hybridized carbons (Fsp3) is 0.118. The molecular weight excluding hydrogens is 364 g/mol. The van der Waals surface area contributed by atoms with E-state index in [9.17, 15) is 5.11 Å². The number of nitrogens with one attached hydrogen (secondary N) is 1. The summed E-state index contributed by atoms with van der Waals surface area (Å²) in [7, 11) is 0. The van der Waals surface area contributed by atoms with Crippen LogP contribution in [0.2, 0.25) is 5.02 Å². The molecule has 2 aromatic carbocycles. The Morgan fingerprint density at radius 2 is 1.86 bits per heavy atom. The number of H-pyrrole nitrogens is 1. The molecule has 0 saturated heterocycles. The van der Waals surface area contributed by atoms with Crippen LogP contribution >= 0.6 is 27.5 Å². The zero-order chi connectivity index (χ0) is 15.9. The molecule has 0 unspecified atom stereocenters.